The highest BCUT2D eigenvalue weighted by Crippen LogP contribution is 2.14. The third-order valence-electron chi connectivity index (χ3n) is 3.78. The van der Waals surface area contributed by atoms with Gasteiger partial charge < -0.3 is 9.22 Å². The lowest BCUT2D eigenvalue weighted by Crippen LogP contribution is -2.52. The first-order valence-electron chi connectivity index (χ1n) is 7.68. The molecule has 0 aliphatic carbocycles. The second-order valence-electron chi connectivity index (χ2n) is 5.58. The molecule has 0 aromatic rings. The Balaban J connectivity index is 4.65. The molecular formula is C14H32NO4S+. The summed E-state index contributed by atoms with van der Waals surface area (Å²) < 4.78 is 36.8. The fraction of sp³-hybridized carbons (Fsp3) is 1.00. The summed E-state index contributed by atoms with van der Waals surface area (Å²) in [7, 11) is -2.15. The van der Waals surface area contributed by atoms with Gasteiger partial charge in [0.25, 0.3) is 10.1 Å². The Bertz CT molecular complexity index is 308. The second-order valence-corrected chi connectivity index (χ2v) is 7.15. The van der Waals surface area contributed by atoms with Gasteiger partial charge in [0.1, 0.15) is 6.54 Å². The molecule has 0 saturated heterocycles. The average molecular weight is 310 g/mol. The van der Waals surface area contributed by atoms with Gasteiger partial charge in [0.15, 0.2) is 0 Å². The molecule has 6 heteroatoms. The van der Waals surface area contributed by atoms with Gasteiger partial charge in [-0.15, -0.1) is 0 Å². The van der Waals surface area contributed by atoms with E-state index in [0.29, 0.717) is 13.0 Å². The van der Waals surface area contributed by atoms with E-state index in [-0.39, 0.29) is 5.75 Å². The highest BCUT2D eigenvalue weighted by Gasteiger charge is 2.26. The van der Waals surface area contributed by atoms with Crippen molar-refractivity contribution >= 4 is 10.1 Å². The minimum Gasteiger partial charge on any atom is -0.379 e. The molecule has 0 aliphatic rings. The quantitative estimate of drug-likeness (QED) is 0.419. The second kappa shape index (κ2) is 10.5. The molecule has 1 N–H and O–H groups in total. The van der Waals surface area contributed by atoms with Crippen molar-refractivity contribution in [2.24, 2.45) is 0 Å². The molecule has 0 unspecified atom stereocenters. The monoisotopic (exact) mass is 310 g/mol. The molecular weight excluding hydrogens is 278 g/mol. The molecule has 0 aliphatic heterocycles. The standard InChI is InChI=1S/C14H31NO4S/c1-4-6-9-15(10-7-5-2,12-13-19-3)11-8-14-20(16,17)18/h4-14H2,1-3H3/p+1. The zero-order valence-corrected chi connectivity index (χ0v) is 14.1. The van der Waals surface area contributed by atoms with Crippen LogP contribution in [0.5, 0.6) is 0 Å². The first-order chi connectivity index (χ1) is 9.39. The molecule has 0 aromatic heterocycles. The van der Waals surface area contributed by atoms with Gasteiger partial charge in [-0.3, -0.25) is 4.55 Å². The lowest BCUT2D eigenvalue weighted by Gasteiger charge is -2.39. The van der Waals surface area contributed by atoms with Crippen LogP contribution in [-0.2, 0) is 14.9 Å². The van der Waals surface area contributed by atoms with Gasteiger partial charge >= 0.3 is 0 Å². The number of unbranched alkanes of at least 4 members (excludes halogenated alkanes) is 2. The summed E-state index contributed by atoms with van der Waals surface area (Å²) in [6.07, 6.45) is 5.06. The number of nitrogens with zero attached hydrogens (tertiary/aromatic N) is 1. The van der Waals surface area contributed by atoms with Gasteiger partial charge in [-0.1, -0.05) is 26.7 Å². The highest BCUT2D eigenvalue weighted by molar-refractivity contribution is 7.85. The molecule has 0 radical (unpaired) electrons. The molecule has 0 atom stereocenters. The van der Waals surface area contributed by atoms with Crippen LogP contribution in [-0.4, -0.2) is 63.1 Å². The third kappa shape index (κ3) is 9.69. The lowest BCUT2D eigenvalue weighted by molar-refractivity contribution is -0.928. The number of ether oxygens (including phenoxy) is 1. The maximum atomic E-state index is 10.9. The number of hydrogen-bond donors (Lipinski definition) is 1. The number of quaternary nitrogens is 1. The first-order valence-corrected chi connectivity index (χ1v) is 9.29. The molecule has 0 aromatic carbocycles. The predicted molar refractivity (Wildman–Crippen MR) is 82.5 cm³/mol. The topological polar surface area (TPSA) is 63.6 Å². The van der Waals surface area contributed by atoms with Crippen LogP contribution in [0, 0.1) is 0 Å². The molecule has 0 bridgehead atoms. The molecule has 5 nitrogen and oxygen atoms in total. The van der Waals surface area contributed by atoms with Gasteiger partial charge in [0.2, 0.25) is 0 Å². The van der Waals surface area contributed by atoms with Gasteiger partial charge in [-0.25, -0.2) is 0 Å². The van der Waals surface area contributed by atoms with Crippen molar-refractivity contribution in [1.29, 1.82) is 0 Å². The Hall–Kier alpha value is -0.170. The van der Waals surface area contributed by atoms with Gasteiger partial charge in [0.05, 0.1) is 32.0 Å². The van der Waals surface area contributed by atoms with Crippen LogP contribution in [0.3, 0.4) is 0 Å². The van der Waals surface area contributed by atoms with Crippen molar-refractivity contribution in [1.82, 2.24) is 0 Å². The van der Waals surface area contributed by atoms with Crippen LogP contribution in [0.15, 0.2) is 0 Å². The van der Waals surface area contributed by atoms with E-state index in [2.05, 4.69) is 13.8 Å². The van der Waals surface area contributed by atoms with Gasteiger partial charge in [0, 0.05) is 13.5 Å². The first kappa shape index (κ1) is 19.8. The van der Waals surface area contributed by atoms with Crippen molar-refractivity contribution in [3.05, 3.63) is 0 Å². The van der Waals surface area contributed by atoms with Crippen molar-refractivity contribution in [3.63, 3.8) is 0 Å². The fourth-order valence-electron chi connectivity index (χ4n) is 2.53. The zero-order chi connectivity index (χ0) is 15.5. The molecule has 122 valence electrons. The summed E-state index contributed by atoms with van der Waals surface area (Å²) in [5.74, 6) is -0.141. The molecule has 0 rings (SSSR count). The molecule has 0 amide bonds. The Morgan fingerprint density at radius 3 is 1.85 bits per heavy atom. The molecule has 20 heavy (non-hydrogen) atoms. The SMILES string of the molecule is CCCC[N+](CCCC)(CCCS(=O)(=O)O)CCOC. The number of hydrogen-bond acceptors (Lipinski definition) is 3. The summed E-state index contributed by atoms with van der Waals surface area (Å²) in [5.41, 5.74) is 0. The van der Waals surface area contributed by atoms with Gasteiger partial charge in [-0.05, 0) is 12.8 Å². The van der Waals surface area contributed by atoms with E-state index in [4.69, 9.17) is 9.29 Å². The van der Waals surface area contributed by atoms with Crippen LogP contribution in [0.1, 0.15) is 46.0 Å². The molecule has 0 fully saturated rings. The third-order valence-corrected chi connectivity index (χ3v) is 4.58. The Kier molecular flexibility index (Phi) is 10.5. The van der Waals surface area contributed by atoms with E-state index in [0.717, 1.165) is 56.3 Å². The minimum atomic E-state index is -3.85. The van der Waals surface area contributed by atoms with Crippen LogP contribution in [0.4, 0.5) is 0 Å². The van der Waals surface area contributed by atoms with E-state index in [9.17, 15) is 8.42 Å². The molecule has 0 heterocycles. The van der Waals surface area contributed by atoms with Crippen LogP contribution in [0.25, 0.3) is 0 Å². The van der Waals surface area contributed by atoms with E-state index in [1.165, 1.54) is 0 Å². The number of rotatable bonds is 13. The minimum absolute atomic E-state index is 0.141. The van der Waals surface area contributed by atoms with E-state index >= 15 is 0 Å². The summed E-state index contributed by atoms with van der Waals surface area (Å²) in [6.45, 7) is 8.87. The molecule has 0 spiro atoms. The Morgan fingerprint density at radius 1 is 0.950 bits per heavy atom. The fourth-order valence-corrected chi connectivity index (χ4v) is 3.02. The number of methoxy groups -OCH3 is 1. The van der Waals surface area contributed by atoms with E-state index in [1.807, 2.05) is 0 Å². The summed E-state index contributed by atoms with van der Waals surface area (Å²) >= 11 is 0. The Labute approximate surface area is 124 Å². The Morgan fingerprint density at radius 2 is 1.45 bits per heavy atom. The van der Waals surface area contributed by atoms with Gasteiger partial charge in [-0.2, -0.15) is 8.42 Å². The summed E-state index contributed by atoms with van der Waals surface area (Å²) in [4.78, 5) is 0. The normalized spacial score (nSPS) is 12.8. The van der Waals surface area contributed by atoms with Crippen LogP contribution >= 0.6 is 0 Å². The van der Waals surface area contributed by atoms with Crippen molar-refractivity contribution in [3.8, 4) is 0 Å². The van der Waals surface area contributed by atoms with Crippen LogP contribution in [0.2, 0.25) is 0 Å². The van der Waals surface area contributed by atoms with E-state index in [1.54, 1.807) is 7.11 Å². The molecule has 0 saturated carbocycles. The zero-order valence-electron chi connectivity index (χ0n) is 13.3. The predicted octanol–water partition coefficient (Wildman–Crippen LogP) is 2.33. The van der Waals surface area contributed by atoms with Crippen molar-refractivity contribution in [2.75, 3.05) is 45.6 Å². The summed E-state index contributed by atoms with van der Waals surface area (Å²) in [6, 6.07) is 0. The van der Waals surface area contributed by atoms with E-state index < -0.39 is 10.1 Å². The average Bonchev–Trinajstić information content (AvgIpc) is 2.38. The van der Waals surface area contributed by atoms with Crippen LogP contribution < -0.4 is 0 Å². The summed E-state index contributed by atoms with van der Waals surface area (Å²) in [5, 5.41) is 0. The maximum absolute atomic E-state index is 10.9. The lowest BCUT2D eigenvalue weighted by atomic mass is 10.2. The smallest absolute Gasteiger partial charge is 0.265 e. The van der Waals surface area contributed by atoms with Crippen molar-refractivity contribution < 1.29 is 22.2 Å². The maximum Gasteiger partial charge on any atom is 0.265 e. The largest absolute Gasteiger partial charge is 0.379 e. The highest BCUT2D eigenvalue weighted by atomic mass is 32.2. The van der Waals surface area contributed by atoms with Crippen molar-refractivity contribution in [2.45, 2.75) is 46.0 Å².